The summed E-state index contributed by atoms with van der Waals surface area (Å²) in [4.78, 5) is 8.65. The minimum absolute atomic E-state index is 0.141. The first-order valence-electron chi connectivity index (χ1n) is 9.01. The van der Waals surface area contributed by atoms with E-state index in [0.717, 1.165) is 35.4 Å². The molecular formula is C18H20F3N7. The zero-order valence-electron chi connectivity index (χ0n) is 15.6. The Bertz CT molecular complexity index is 976. The van der Waals surface area contributed by atoms with Gasteiger partial charge in [0.15, 0.2) is 11.5 Å². The summed E-state index contributed by atoms with van der Waals surface area (Å²) in [6.07, 6.45) is -2.83. The molecule has 0 bridgehead atoms. The maximum atomic E-state index is 13.2. The van der Waals surface area contributed by atoms with Crippen molar-refractivity contribution >= 4 is 11.5 Å². The zero-order chi connectivity index (χ0) is 19.9. The second-order valence-corrected chi connectivity index (χ2v) is 6.91. The Hall–Kier alpha value is -2.75. The molecule has 0 saturated carbocycles. The van der Waals surface area contributed by atoms with Crippen molar-refractivity contribution in [3.05, 3.63) is 47.0 Å². The number of alkyl halides is 3. The molecule has 0 radical (unpaired) electrons. The van der Waals surface area contributed by atoms with Gasteiger partial charge >= 0.3 is 6.18 Å². The second kappa shape index (κ2) is 7.01. The summed E-state index contributed by atoms with van der Waals surface area (Å²) < 4.78 is 40.5. The van der Waals surface area contributed by atoms with Gasteiger partial charge in [0, 0.05) is 50.0 Å². The minimum atomic E-state index is -4.60. The molecule has 3 aromatic heterocycles. The molecule has 1 saturated heterocycles. The Morgan fingerprint density at radius 2 is 1.75 bits per heavy atom. The van der Waals surface area contributed by atoms with Crippen LogP contribution in [0.25, 0.3) is 5.65 Å². The van der Waals surface area contributed by atoms with Gasteiger partial charge in [-0.05, 0) is 26.0 Å². The van der Waals surface area contributed by atoms with E-state index in [1.807, 2.05) is 30.0 Å². The van der Waals surface area contributed by atoms with Gasteiger partial charge in [0.25, 0.3) is 5.82 Å². The SMILES string of the molecule is Cc1c(N2CCN(Cc3ccccn3)CC2)nn2c(C(F)(F)F)nnc2c1C. The number of anilines is 1. The van der Waals surface area contributed by atoms with Crippen molar-refractivity contribution in [2.24, 2.45) is 0 Å². The van der Waals surface area contributed by atoms with E-state index < -0.39 is 12.0 Å². The number of rotatable bonds is 3. The van der Waals surface area contributed by atoms with E-state index in [1.54, 1.807) is 13.1 Å². The average molecular weight is 391 g/mol. The quantitative estimate of drug-likeness (QED) is 0.684. The Kier molecular flexibility index (Phi) is 4.66. The number of aromatic nitrogens is 5. The minimum Gasteiger partial charge on any atom is -0.352 e. The van der Waals surface area contributed by atoms with Crippen LogP contribution in [0.5, 0.6) is 0 Å². The maximum Gasteiger partial charge on any atom is 0.453 e. The van der Waals surface area contributed by atoms with Crippen LogP contribution in [-0.2, 0) is 12.7 Å². The van der Waals surface area contributed by atoms with Crippen LogP contribution in [0.2, 0.25) is 0 Å². The monoisotopic (exact) mass is 391 g/mol. The molecule has 0 spiro atoms. The van der Waals surface area contributed by atoms with Crippen molar-refractivity contribution < 1.29 is 13.2 Å². The molecule has 3 aromatic rings. The van der Waals surface area contributed by atoms with Crippen LogP contribution >= 0.6 is 0 Å². The standard InChI is InChI=1S/C18H20F3N7/c1-12-13(2)16(25-28-15(12)23-24-17(28)18(19,20)21)27-9-7-26(8-10-27)11-14-5-3-4-6-22-14/h3-6H,7-11H2,1-2H3. The van der Waals surface area contributed by atoms with Gasteiger partial charge in [0.1, 0.15) is 0 Å². The van der Waals surface area contributed by atoms with Crippen LogP contribution in [0.3, 0.4) is 0 Å². The number of hydrogen-bond acceptors (Lipinski definition) is 6. The van der Waals surface area contributed by atoms with E-state index in [9.17, 15) is 13.2 Å². The lowest BCUT2D eigenvalue weighted by Gasteiger charge is -2.36. The second-order valence-electron chi connectivity index (χ2n) is 6.91. The number of halogens is 3. The van der Waals surface area contributed by atoms with Crippen LogP contribution < -0.4 is 4.90 Å². The van der Waals surface area contributed by atoms with Gasteiger partial charge in [-0.3, -0.25) is 9.88 Å². The van der Waals surface area contributed by atoms with E-state index in [0.29, 0.717) is 24.5 Å². The number of nitrogens with zero attached hydrogens (tertiary/aromatic N) is 7. The molecular weight excluding hydrogens is 371 g/mol. The van der Waals surface area contributed by atoms with Crippen LogP contribution in [0.4, 0.5) is 19.0 Å². The molecule has 0 N–H and O–H groups in total. The first-order chi connectivity index (χ1) is 13.3. The van der Waals surface area contributed by atoms with Crippen molar-refractivity contribution in [2.75, 3.05) is 31.1 Å². The molecule has 0 atom stereocenters. The van der Waals surface area contributed by atoms with Gasteiger partial charge in [-0.25, -0.2) is 0 Å². The van der Waals surface area contributed by atoms with Crippen LogP contribution in [-0.4, -0.2) is 55.9 Å². The molecule has 4 rings (SSSR count). The molecule has 0 aromatic carbocycles. The molecule has 0 aliphatic carbocycles. The first-order valence-corrected chi connectivity index (χ1v) is 9.01. The molecule has 1 aliphatic heterocycles. The Morgan fingerprint density at radius 1 is 1.00 bits per heavy atom. The molecule has 1 fully saturated rings. The van der Waals surface area contributed by atoms with Crippen LogP contribution in [0.1, 0.15) is 22.6 Å². The van der Waals surface area contributed by atoms with Gasteiger partial charge in [0.2, 0.25) is 0 Å². The predicted molar refractivity (Wildman–Crippen MR) is 97.0 cm³/mol. The number of aryl methyl sites for hydroxylation is 1. The summed E-state index contributed by atoms with van der Waals surface area (Å²) >= 11 is 0. The highest BCUT2D eigenvalue weighted by molar-refractivity contribution is 5.59. The molecule has 10 heteroatoms. The normalized spacial score (nSPS) is 16.1. The zero-order valence-corrected chi connectivity index (χ0v) is 15.6. The first kappa shape index (κ1) is 18.6. The molecule has 0 unspecified atom stereocenters. The highest BCUT2D eigenvalue weighted by atomic mass is 19.4. The molecule has 4 heterocycles. The lowest BCUT2D eigenvalue weighted by atomic mass is 10.1. The fraction of sp³-hybridized carbons (Fsp3) is 0.444. The summed E-state index contributed by atoms with van der Waals surface area (Å²) in [7, 11) is 0. The van der Waals surface area contributed by atoms with E-state index in [1.165, 1.54) is 0 Å². The summed E-state index contributed by atoms with van der Waals surface area (Å²) in [5.74, 6) is -0.548. The summed E-state index contributed by atoms with van der Waals surface area (Å²) in [5.41, 5.74) is 2.62. The summed E-state index contributed by atoms with van der Waals surface area (Å²) in [6.45, 7) is 7.28. The number of hydrogen-bond donors (Lipinski definition) is 0. The fourth-order valence-electron chi connectivity index (χ4n) is 3.43. The Morgan fingerprint density at radius 3 is 2.39 bits per heavy atom. The molecule has 0 amide bonds. The van der Waals surface area contributed by atoms with Crippen molar-refractivity contribution in [3.63, 3.8) is 0 Å². The van der Waals surface area contributed by atoms with Crippen molar-refractivity contribution in [1.82, 2.24) is 29.7 Å². The third-order valence-corrected chi connectivity index (χ3v) is 5.11. The summed E-state index contributed by atoms with van der Waals surface area (Å²) in [6, 6.07) is 5.83. The summed E-state index contributed by atoms with van der Waals surface area (Å²) in [5, 5.41) is 11.3. The van der Waals surface area contributed by atoms with Gasteiger partial charge < -0.3 is 4.90 Å². The Labute approximate surface area is 159 Å². The number of pyridine rings is 1. The smallest absolute Gasteiger partial charge is 0.352 e. The van der Waals surface area contributed by atoms with E-state index in [2.05, 4.69) is 25.2 Å². The lowest BCUT2D eigenvalue weighted by Crippen LogP contribution is -2.46. The van der Waals surface area contributed by atoms with Gasteiger partial charge in [-0.1, -0.05) is 6.07 Å². The largest absolute Gasteiger partial charge is 0.453 e. The lowest BCUT2D eigenvalue weighted by molar-refractivity contribution is -0.146. The van der Waals surface area contributed by atoms with E-state index in [-0.39, 0.29) is 5.65 Å². The predicted octanol–water partition coefficient (Wildman–Crippen LogP) is 2.48. The highest BCUT2D eigenvalue weighted by Gasteiger charge is 2.38. The highest BCUT2D eigenvalue weighted by Crippen LogP contribution is 2.30. The van der Waals surface area contributed by atoms with Gasteiger partial charge in [-0.15, -0.1) is 15.3 Å². The van der Waals surface area contributed by atoms with E-state index in [4.69, 9.17) is 0 Å². The third kappa shape index (κ3) is 3.39. The van der Waals surface area contributed by atoms with Crippen molar-refractivity contribution in [3.8, 4) is 0 Å². The van der Waals surface area contributed by atoms with Crippen LogP contribution in [0, 0.1) is 13.8 Å². The average Bonchev–Trinajstić information content (AvgIpc) is 3.11. The maximum absolute atomic E-state index is 13.2. The Balaban J connectivity index is 1.57. The topological polar surface area (TPSA) is 62.5 Å². The molecule has 28 heavy (non-hydrogen) atoms. The third-order valence-electron chi connectivity index (χ3n) is 5.11. The van der Waals surface area contributed by atoms with Gasteiger partial charge in [-0.2, -0.15) is 17.7 Å². The molecule has 1 aliphatic rings. The molecule has 7 nitrogen and oxygen atoms in total. The van der Waals surface area contributed by atoms with Crippen molar-refractivity contribution in [1.29, 1.82) is 0 Å². The van der Waals surface area contributed by atoms with Crippen LogP contribution in [0.15, 0.2) is 24.4 Å². The fourth-order valence-corrected chi connectivity index (χ4v) is 3.43. The van der Waals surface area contributed by atoms with Gasteiger partial charge in [0.05, 0.1) is 5.69 Å². The molecule has 148 valence electrons. The van der Waals surface area contributed by atoms with E-state index >= 15 is 0 Å². The number of piperazine rings is 1. The number of fused-ring (bicyclic) bond motifs is 1. The van der Waals surface area contributed by atoms with Crippen molar-refractivity contribution in [2.45, 2.75) is 26.6 Å².